The van der Waals surface area contributed by atoms with Crippen LogP contribution < -0.4 is 0 Å². The number of para-hydroxylation sites is 7. The maximum atomic E-state index is 11.3. The first-order valence-electron chi connectivity index (χ1n) is 32.5. The van der Waals surface area contributed by atoms with Crippen LogP contribution in [-0.2, 0) is 0 Å². The van der Waals surface area contributed by atoms with Crippen LogP contribution in [0.2, 0.25) is 0 Å². The van der Waals surface area contributed by atoms with Gasteiger partial charge in [0.05, 0.1) is 99.8 Å². The molecule has 20 aromatic rings. The lowest BCUT2D eigenvalue weighted by Gasteiger charge is -2.16. The molecule has 20 rings (SSSR count). The van der Waals surface area contributed by atoms with E-state index in [4.69, 9.17) is 0 Å². The Morgan fingerprint density at radius 1 is 0.173 bits per heavy atom. The van der Waals surface area contributed by atoms with Crippen LogP contribution in [0.15, 0.2) is 291 Å². The van der Waals surface area contributed by atoms with Crippen molar-refractivity contribution in [3.05, 3.63) is 313 Å². The smallest absolute Gasteiger partial charge is 0.101 e. The lowest BCUT2D eigenvalue weighted by atomic mass is 10.0. The van der Waals surface area contributed by atoms with Crippen molar-refractivity contribution in [3.63, 3.8) is 0 Å². The maximum Gasteiger partial charge on any atom is 0.101 e. The molecule has 0 N–H and O–H groups in total. The van der Waals surface area contributed by atoms with Crippen molar-refractivity contribution in [2.75, 3.05) is 0 Å². The van der Waals surface area contributed by atoms with Crippen LogP contribution in [0.1, 0.15) is 22.3 Å². The number of hydrogen-bond donors (Lipinski definition) is 0. The van der Waals surface area contributed by atoms with Crippen LogP contribution in [-0.4, -0.2) is 27.4 Å². The average molecular weight is 1250 g/mol. The first kappa shape index (κ1) is 54.4. The van der Waals surface area contributed by atoms with Crippen LogP contribution in [0, 0.1) is 45.3 Å². The molecule has 450 valence electrons. The molecule has 98 heavy (non-hydrogen) atoms. The zero-order valence-electron chi connectivity index (χ0n) is 52.2. The van der Waals surface area contributed by atoms with Gasteiger partial charge in [-0.05, 0) is 157 Å². The van der Waals surface area contributed by atoms with Gasteiger partial charge in [0.15, 0.2) is 0 Å². The highest BCUT2D eigenvalue weighted by Crippen LogP contribution is 2.46. The van der Waals surface area contributed by atoms with Crippen LogP contribution in [0.3, 0.4) is 0 Å². The third-order valence-corrected chi connectivity index (χ3v) is 20.3. The van der Waals surface area contributed by atoms with E-state index in [0.29, 0.717) is 33.6 Å². The largest absolute Gasteiger partial charge is 0.309 e. The van der Waals surface area contributed by atoms with Crippen molar-refractivity contribution < 1.29 is 0 Å². The molecule has 0 spiro atoms. The molecule has 6 heterocycles. The summed E-state index contributed by atoms with van der Waals surface area (Å²) in [6, 6.07) is 112. The van der Waals surface area contributed by atoms with Crippen LogP contribution in [0.25, 0.3) is 176 Å². The van der Waals surface area contributed by atoms with Crippen molar-refractivity contribution in [2.45, 2.75) is 0 Å². The Morgan fingerprint density at radius 3 is 0.908 bits per heavy atom. The molecule has 0 radical (unpaired) electrons. The van der Waals surface area contributed by atoms with Crippen molar-refractivity contribution in [1.29, 1.82) is 21.0 Å². The highest BCUT2D eigenvalue weighted by Gasteiger charge is 2.26. The summed E-state index contributed by atoms with van der Waals surface area (Å²) in [6.45, 7) is 0. The van der Waals surface area contributed by atoms with E-state index in [2.05, 4.69) is 306 Å². The Balaban J connectivity index is 0.777. The molecule has 6 aromatic heterocycles. The summed E-state index contributed by atoms with van der Waals surface area (Å²) in [5, 5.41) is 55.7. The molecule has 0 unspecified atom stereocenters. The normalized spacial score (nSPS) is 11.8. The van der Waals surface area contributed by atoms with E-state index in [0.717, 1.165) is 165 Å². The Hall–Kier alpha value is -14.2. The van der Waals surface area contributed by atoms with Gasteiger partial charge in [-0.15, -0.1) is 0 Å². The molecule has 0 aliphatic heterocycles. The second-order valence-electron chi connectivity index (χ2n) is 25.3. The standard InChI is InChI=1S/C88H48N10/c89-49-55-34-36-62(40-56(55)50-90)96-80-37-35-54(41-68(80)74-47-84-69(42-86(74)96)63-24-7-12-29-75(63)94(84)60-21-5-2-6-22-60)53-18-17-23-61(39-53)95-77-31-14-9-26-65(77)71-46-88-73(44-85(71)95)67-28-11-16-33-79(67)98(88)82-48-81(57(51-91)38-58(82)52-92)97-78-32-15-10-27-66(78)72-43-83-70(45-87(72)97)64-25-8-13-30-76(64)93(83)59-19-3-1-4-20-59/h1-48H. The van der Waals surface area contributed by atoms with E-state index in [9.17, 15) is 21.0 Å². The summed E-state index contributed by atoms with van der Waals surface area (Å²) in [4.78, 5) is 0. The first-order valence-corrected chi connectivity index (χ1v) is 32.5. The Bertz CT molecular complexity index is 7100. The zero-order valence-corrected chi connectivity index (χ0v) is 52.2. The Morgan fingerprint density at radius 2 is 0.490 bits per heavy atom. The summed E-state index contributed by atoms with van der Waals surface area (Å²) in [5.74, 6) is 0. The number of aromatic nitrogens is 6. The van der Waals surface area contributed by atoms with Crippen LogP contribution in [0.5, 0.6) is 0 Å². The number of benzene rings is 14. The van der Waals surface area contributed by atoms with Gasteiger partial charge in [0.2, 0.25) is 0 Å². The van der Waals surface area contributed by atoms with Gasteiger partial charge in [0, 0.05) is 87.4 Å². The summed E-state index contributed by atoms with van der Waals surface area (Å²) in [5.41, 5.74) is 20.9. The maximum absolute atomic E-state index is 11.3. The van der Waals surface area contributed by atoms with Crippen molar-refractivity contribution >= 4 is 131 Å². The van der Waals surface area contributed by atoms with Gasteiger partial charge in [-0.2, -0.15) is 21.0 Å². The quantitative estimate of drug-likeness (QED) is 0.158. The fourth-order valence-electron chi connectivity index (χ4n) is 16.1. The van der Waals surface area contributed by atoms with E-state index < -0.39 is 0 Å². The third-order valence-electron chi connectivity index (χ3n) is 20.3. The minimum Gasteiger partial charge on any atom is -0.309 e. The fourth-order valence-corrected chi connectivity index (χ4v) is 16.1. The van der Waals surface area contributed by atoms with Gasteiger partial charge in [0.1, 0.15) is 24.3 Å². The number of rotatable bonds is 7. The molecule has 14 aromatic carbocycles. The molecule has 0 bridgehead atoms. The Labute approximate surface area is 559 Å². The molecule has 0 amide bonds. The van der Waals surface area contributed by atoms with Crippen LogP contribution >= 0.6 is 0 Å². The minimum absolute atomic E-state index is 0.322. The minimum atomic E-state index is 0.322. The Kier molecular flexibility index (Phi) is 11.5. The van der Waals surface area contributed by atoms with E-state index in [-0.39, 0.29) is 0 Å². The average Bonchev–Trinajstić information content (AvgIpc) is 1.56. The molecule has 10 nitrogen and oxygen atoms in total. The number of fused-ring (bicyclic) bond motifs is 18. The number of hydrogen-bond acceptors (Lipinski definition) is 4. The van der Waals surface area contributed by atoms with Crippen LogP contribution in [0.4, 0.5) is 0 Å². The van der Waals surface area contributed by atoms with Crippen molar-refractivity contribution in [1.82, 2.24) is 27.4 Å². The summed E-state index contributed by atoms with van der Waals surface area (Å²) in [6.07, 6.45) is 0. The molecule has 0 fully saturated rings. The lowest BCUT2D eigenvalue weighted by Crippen LogP contribution is -2.04. The summed E-state index contributed by atoms with van der Waals surface area (Å²) in [7, 11) is 0. The summed E-state index contributed by atoms with van der Waals surface area (Å²) >= 11 is 0. The van der Waals surface area contributed by atoms with Gasteiger partial charge in [0.25, 0.3) is 0 Å². The van der Waals surface area contributed by atoms with Gasteiger partial charge >= 0.3 is 0 Å². The highest BCUT2D eigenvalue weighted by molar-refractivity contribution is 6.23. The van der Waals surface area contributed by atoms with Crippen molar-refractivity contribution in [3.8, 4) is 69.5 Å². The fraction of sp³-hybridized carbons (Fsp3) is 0. The van der Waals surface area contributed by atoms with E-state index in [1.807, 2.05) is 24.3 Å². The predicted octanol–water partition coefficient (Wildman–Crippen LogP) is 21.4. The van der Waals surface area contributed by atoms with Crippen molar-refractivity contribution in [2.24, 2.45) is 0 Å². The molecule has 0 aliphatic carbocycles. The van der Waals surface area contributed by atoms with E-state index in [1.165, 1.54) is 0 Å². The first-order chi connectivity index (χ1) is 48.4. The second kappa shape index (κ2) is 20.7. The van der Waals surface area contributed by atoms with Gasteiger partial charge < -0.3 is 27.4 Å². The lowest BCUT2D eigenvalue weighted by molar-refractivity contribution is 1.12. The molecular formula is C88H48N10. The predicted molar refractivity (Wildman–Crippen MR) is 397 cm³/mol. The van der Waals surface area contributed by atoms with Gasteiger partial charge in [-0.3, -0.25) is 0 Å². The number of nitriles is 4. The third kappa shape index (κ3) is 7.63. The van der Waals surface area contributed by atoms with Gasteiger partial charge in [-0.25, -0.2) is 0 Å². The molecule has 0 aliphatic rings. The molecule has 10 heteroatoms. The zero-order chi connectivity index (χ0) is 65.0. The van der Waals surface area contributed by atoms with Gasteiger partial charge in [-0.1, -0.05) is 146 Å². The van der Waals surface area contributed by atoms with E-state index >= 15 is 0 Å². The van der Waals surface area contributed by atoms with E-state index in [1.54, 1.807) is 12.1 Å². The SMILES string of the molecule is N#Cc1ccc(-n2c3ccc(-c4cccc(-n5c6ccccc6c6cc7c(cc65)c5ccccc5n7-c5cc(-n6c7ccccc7c7cc8c(cc76)c6ccccc6n8-c6ccccc6)c(C#N)cc5C#N)c4)cc3c3cc4c(cc32)c2ccccc2n4-c2ccccc2)cc1C#N. The highest BCUT2D eigenvalue weighted by atomic mass is 15.0. The topological polar surface area (TPSA) is 125 Å². The summed E-state index contributed by atoms with van der Waals surface area (Å²) < 4.78 is 13.7. The molecular weight excluding hydrogens is 1200 g/mol. The number of nitrogens with zero attached hydrogens (tertiary/aromatic N) is 10. The second-order valence-corrected chi connectivity index (χ2v) is 25.3. The molecule has 0 saturated heterocycles. The molecule has 0 atom stereocenters. The monoisotopic (exact) mass is 1240 g/mol. The molecule has 0 saturated carbocycles.